The molecule has 9 rings (SSSR count). The van der Waals surface area contributed by atoms with Crippen LogP contribution < -0.4 is 15.5 Å². The first kappa shape index (κ1) is 34.1. The Bertz CT molecular complexity index is 1660. The number of hydrogen-bond acceptors (Lipinski definition) is 8. The van der Waals surface area contributed by atoms with Crippen molar-refractivity contribution in [3.63, 3.8) is 0 Å². The van der Waals surface area contributed by atoms with E-state index in [1.165, 1.54) is 19.3 Å². The Balaban J connectivity index is 0.929. The third-order valence-electron chi connectivity index (χ3n) is 12.2. The van der Waals surface area contributed by atoms with Gasteiger partial charge in [-0.3, -0.25) is 15.0 Å². The van der Waals surface area contributed by atoms with E-state index in [-0.39, 0.29) is 46.9 Å². The predicted octanol–water partition coefficient (Wildman–Crippen LogP) is 6.79. The lowest BCUT2D eigenvalue weighted by atomic mass is 9.53. The number of hydrogen-bond donors (Lipinski definition) is 3. The quantitative estimate of drug-likeness (QED) is 0.165. The molecule has 2 saturated heterocycles. The second-order valence-electron chi connectivity index (χ2n) is 15.8. The number of ether oxygens (including phenoxy) is 2. The first-order chi connectivity index (χ1) is 24.7. The number of aliphatic hydroxyl groups is 1. The molecule has 4 atom stereocenters. The molecule has 0 unspecified atom stereocenters. The molecule has 4 aliphatic carbocycles. The van der Waals surface area contributed by atoms with Crippen molar-refractivity contribution in [2.24, 2.45) is 23.7 Å². The second kappa shape index (κ2) is 14.2. The average Bonchev–Trinajstić information content (AvgIpc) is 3.12. The molecular weight excluding hydrogens is 646 g/mol. The minimum atomic E-state index is -0.593. The number of urea groups is 1. The fourth-order valence-electron chi connectivity index (χ4n) is 9.95. The van der Waals surface area contributed by atoms with Crippen molar-refractivity contribution in [3.05, 3.63) is 99.6 Å². The maximum Gasteiger partial charge on any atom is 0.319 e. The maximum absolute atomic E-state index is 13.2. The summed E-state index contributed by atoms with van der Waals surface area (Å²) in [5, 5.41) is 27.2. The Morgan fingerprint density at radius 2 is 1.47 bits per heavy atom. The van der Waals surface area contributed by atoms with Gasteiger partial charge in [0.2, 0.25) is 0 Å². The lowest BCUT2D eigenvalue weighted by Crippen LogP contribution is -2.60. The molecule has 3 N–H and O–H groups in total. The summed E-state index contributed by atoms with van der Waals surface area (Å²) in [6, 6.07) is 22.4. The topological polar surface area (TPSA) is 129 Å². The number of rotatable bonds is 9. The number of amides is 2. The van der Waals surface area contributed by atoms with Gasteiger partial charge in [0.05, 0.1) is 23.7 Å². The zero-order valence-electron chi connectivity index (χ0n) is 29.3. The number of piperazine rings is 1. The molecule has 4 bridgehead atoms. The number of nitro benzene ring substituents is 1. The van der Waals surface area contributed by atoms with Gasteiger partial charge in [-0.2, -0.15) is 0 Å². The van der Waals surface area contributed by atoms with Crippen LogP contribution in [0.25, 0.3) is 0 Å². The minimum absolute atomic E-state index is 0.0114. The Morgan fingerprint density at radius 1 is 0.863 bits per heavy atom. The van der Waals surface area contributed by atoms with Crippen LogP contribution in [-0.4, -0.2) is 65.3 Å². The lowest BCUT2D eigenvalue weighted by molar-refractivity contribution is -0.384. The third kappa shape index (κ3) is 7.35. The van der Waals surface area contributed by atoms with Crippen molar-refractivity contribution in [3.8, 4) is 0 Å². The number of nitro groups is 1. The Kier molecular flexibility index (Phi) is 9.47. The summed E-state index contributed by atoms with van der Waals surface area (Å²) >= 11 is 0. The van der Waals surface area contributed by atoms with E-state index < -0.39 is 6.29 Å². The van der Waals surface area contributed by atoms with Crippen LogP contribution in [0.2, 0.25) is 0 Å². The molecular formula is C40H49N5O6. The first-order valence-corrected chi connectivity index (χ1v) is 18.6. The summed E-state index contributed by atoms with van der Waals surface area (Å²) in [6.45, 7) is 6.22. The molecule has 0 radical (unpaired) electrons. The van der Waals surface area contributed by atoms with E-state index >= 15 is 0 Å². The molecule has 2 aliphatic heterocycles. The van der Waals surface area contributed by atoms with Crippen LogP contribution in [0.3, 0.4) is 0 Å². The highest BCUT2D eigenvalue weighted by Gasteiger charge is 2.51. The van der Waals surface area contributed by atoms with Crippen molar-refractivity contribution in [2.45, 2.75) is 76.1 Å². The van der Waals surface area contributed by atoms with E-state index in [0.717, 1.165) is 97.8 Å². The zero-order valence-corrected chi connectivity index (χ0v) is 29.3. The highest BCUT2D eigenvalue weighted by Crippen LogP contribution is 2.55. The van der Waals surface area contributed by atoms with Gasteiger partial charge >= 0.3 is 6.03 Å². The Hall–Kier alpha value is -4.03. The molecule has 0 aromatic heterocycles. The number of benzene rings is 3. The highest BCUT2D eigenvalue weighted by atomic mass is 16.7. The molecule has 51 heavy (non-hydrogen) atoms. The molecule has 11 heteroatoms. The van der Waals surface area contributed by atoms with E-state index in [9.17, 15) is 20.0 Å². The summed E-state index contributed by atoms with van der Waals surface area (Å²) < 4.78 is 13.4. The van der Waals surface area contributed by atoms with E-state index in [4.69, 9.17) is 9.47 Å². The van der Waals surface area contributed by atoms with Gasteiger partial charge in [0.15, 0.2) is 6.29 Å². The van der Waals surface area contributed by atoms with E-state index in [0.29, 0.717) is 0 Å². The number of carbonyl (C=O) groups excluding carboxylic acids is 1. The fourth-order valence-corrected chi connectivity index (χ4v) is 9.95. The van der Waals surface area contributed by atoms with Gasteiger partial charge in [-0.05, 0) is 91.7 Å². The minimum Gasteiger partial charge on any atom is -0.392 e. The molecule has 0 spiro atoms. The molecule has 3 aromatic carbocycles. The normalized spacial score (nSPS) is 31.7. The molecule has 6 aliphatic rings. The smallest absolute Gasteiger partial charge is 0.319 e. The van der Waals surface area contributed by atoms with E-state index in [1.54, 1.807) is 12.1 Å². The first-order valence-electron chi connectivity index (χ1n) is 18.6. The maximum atomic E-state index is 13.2. The van der Waals surface area contributed by atoms with Crippen LogP contribution in [-0.2, 0) is 16.1 Å². The third-order valence-corrected chi connectivity index (χ3v) is 12.2. The fraction of sp³-hybridized carbons (Fsp3) is 0.525. The predicted molar refractivity (Wildman–Crippen MR) is 194 cm³/mol. The molecule has 2 amide bonds. The molecule has 2 heterocycles. The SMILES string of the molecule is C[C@@H]1[C@H](CN2CCN(c3ccc([N+](=O)[O-])cc3)CC2)O[C@H](c2ccc(NC(=O)NC34CC5CC(CC(C5)C3)C4)cc2)O[C@@H]1c1ccc(CO)cc1. The van der Waals surface area contributed by atoms with Gasteiger partial charge in [-0.25, -0.2) is 4.79 Å². The molecule has 6 fully saturated rings. The number of carbonyl (C=O) groups is 1. The monoisotopic (exact) mass is 695 g/mol. The van der Waals surface area contributed by atoms with Crippen LogP contribution in [0, 0.1) is 33.8 Å². The number of anilines is 2. The van der Waals surface area contributed by atoms with Crippen molar-refractivity contribution in [2.75, 3.05) is 42.9 Å². The molecule has 11 nitrogen and oxygen atoms in total. The largest absolute Gasteiger partial charge is 0.392 e. The number of non-ortho nitro benzene ring substituents is 1. The van der Waals surface area contributed by atoms with Gasteiger partial charge < -0.3 is 30.1 Å². The Morgan fingerprint density at radius 3 is 2.06 bits per heavy atom. The summed E-state index contributed by atoms with van der Waals surface area (Å²) in [5.74, 6) is 2.35. The zero-order chi connectivity index (χ0) is 35.1. The van der Waals surface area contributed by atoms with Crippen molar-refractivity contribution in [1.29, 1.82) is 0 Å². The van der Waals surface area contributed by atoms with Gasteiger partial charge in [-0.15, -0.1) is 0 Å². The lowest BCUT2D eigenvalue weighted by Gasteiger charge is -2.56. The molecule has 3 aromatic rings. The van der Waals surface area contributed by atoms with Crippen LogP contribution >= 0.6 is 0 Å². The van der Waals surface area contributed by atoms with Crippen molar-refractivity contribution in [1.82, 2.24) is 10.2 Å². The summed E-state index contributed by atoms with van der Waals surface area (Å²) in [5.41, 5.74) is 4.57. The second-order valence-corrected chi connectivity index (χ2v) is 15.8. The number of nitrogens with one attached hydrogen (secondary N) is 2. The van der Waals surface area contributed by atoms with Crippen LogP contribution in [0.5, 0.6) is 0 Å². The molecule has 270 valence electrons. The van der Waals surface area contributed by atoms with Gasteiger partial charge in [0.25, 0.3) is 5.69 Å². The van der Waals surface area contributed by atoms with Crippen LogP contribution in [0.1, 0.15) is 74.5 Å². The van der Waals surface area contributed by atoms with Crippen molar-refractivity contribution < 1.29 is 24.3 Å². The van der Waals surface area contributed by atoms with Crippen LogP contribution in [0.4, 0.5) is 21.9 Å². The standard InChI is InChI=1S/C40H49N5O6/c1-26-36(24-43-14-16-44(17-15-43)34-10-12-35(13-11-34)45(48)49)50-38(51-37(26)31-4-2-27(25-46)3-5-31)32-6-8-33(9-7-32)41-39(47)42-40-21-28-18-29(22-40)20-30(19-28)23-40/h2-13,26,28-30,36-38,46H,14-25H2,1H3,(H2,41,42,47)/t26-,28?,29?,30?,36+,37+,38+,40?/m1/s1. The van der Waals surface area contributed by atoms with Gasteiger partial charge in [0.1, 0.15) is 0 Å². The number of nitrogens with zero attached hydrogens (tertiary/aromatic N) is 3. The summed E-state index contributed by atoms with van der Waals surface area (Å²) in [7, 11) is 0. The van der Waals surface area contributed by atoms with Gasteiger partial charge in [0, 0.05) is 73.3 Å². The van der Waals surface area contributed by atoms with Crippen LogP contribution in [0.15, 0.2) is 72.8 Å². The van der Waals surface area contributed by atoms with Crippen molar-refractivity contribution >= 4 is 23.1 Å². The van der Waals surface area contributed by atoms with E-state index in [2.05, 4.69) is 27.4 Å². The van der Waals surface area contributed by atoms with Gasteiger partial charge in [-0.1, -0.05) is 43.3 Å². The Labute approximate surface area is 299 Å². The highest BCUT2D eigenvalue weighted by molar-refractivity contribution is 5.89. The summed E-state index contributed by atoms with van der Waals surface area (Å²) in [6.07, 6.45) is 6.43. The van der Waals surface area contributed by atoms with E-state index in [1.807, 2.05) is 60.7 Å². The number of aliphatic hydroxyl groups excluding tert-OH is 1. The molecule has 4 saturated carbocycles. The summed E-state index contributed by atoms with van der Waals surface area (Å²) in [4.78, 5) is 28.6. The average molecular weight is 696 g/mol.